The Morgan fingerprint density at radius 3 is 2.84 bits per heavy atom. The van der Waals surface area contributed by atoms with Crippen LogP contribution >= 0.6 is 15.9 Å². The van der Waals surface area contributed by atoms with Gasteiger partial charge in [0.25, 0.3) is 5.91 Å². The van der Waals surface area contributed by atoms with Gasteiger partial charge in [-0.05, 0) is 30.5 Å². The van der Waals surface area contributed by atoms with E-state index in [1.54, 1.807) is 12.1 Å². The van der Waals surface area contributed by atoms with Crippen LogP contribution in [-0.2, 0) is 0 Å². The molecule has 4 nitrogen and oxygen atoms in total. The Morgan fingerprint density at radius 1 is 1.53 bits per heavy atom. The molecule has 2 unspecified atom stereocenters. The highest BCUT2D eigenvalue weighted by atomic mass is 79.9. The number of halogens is 1. The van der Waals surface area contributed by atoms with E-state index in [4.69, 9.17) is 4.74 Å². The molecule has 1 aromatic carbocycles. The normalized spacial score (nSPS) is 23.2. The van der Waals surface area contributed by atoms with Crippen molar-refractivity contribution >= 4 is 21.8 Å². The molecule has 2 atom stereocenters. The van der Waals surface area contributed by atoms with E-state index in [1.807, 2.05) is 4.90 Å². The van der Waals surface area contributed by atoms with Gasteiger partial charge in [0.05, 0.1) is 7.11 Å². The summed E-state index contributed by atoms with van der Waals surface area (Å²) in [6.07, 6.45) is 0.953. The van der Waals surface area contributed by atoms with Crippen molar-refractivity contribution in [3.8, 4) is 11.5 Å². The number of nitrogens with zero attached hydrogens (tertiary/aromatic N) is 1. The highest BCUT2D eigenvalue weighted by Gasteiger charge is 2.27. The number of amides is 1. The average Bonchev–Trinajstić information content (AvgIpc) is 2.41. The van der Waals surface area contributed by atoms with Crippen LogP contribution in [0.25, 0.3) is 0 Å². The number of rotatable bonds is 2. The van der Waals surface area contributed by atoms with Gasteiger partial charge in [0.15, 0.2) is 11.5 Å². The molecule has 1 fully saturated rings. The van der Waals surface area contributed by atoms with Crippen molar-refractivity contribution in [3.05, 3.63) is 23.8 Å². The number of hydrogen-bond acceptors (Lipinski definition) is 3. The van der Waals surface area contributed by atoms with Crippen LogP contribution in [0.1, 0.15) is 23.7 Å². The fraction of sp³-hybridized carbons (Fsp3) is 0.500. The summed E-state index contributed by atoms with van der Waals surface area (Å²) in [6.45, 7) is 3.61. The van der Waals surface area contributed by atoms with Gasteiger partial charge in [-0.3, -0.25) is 4.79 Å². The van der Waals surface area contributed by atoms with Crippen molar-refractivity contribution in [2.45, 2.75) is 18.2 Å². The van der Waals surface area contributed by atoms with Crippen molar-refractivity contribution in [1.82, 2.24) is 4.90 Å². The molecule has 1 amide bonds. The summed E-state index contributed by atoms with van der Waals surface area (Å²) in [5.41, 5.74) is 0.499. The topological polar surface area (TPSA) is 49.8 Å². The van der Waals surface area contributed by atoms with Gasteiger partial charge in [0.2, 0.25) is 0 Å². The predicted molar refractivity (Wildman–Crippen MR) is 77.1 cm³/mol. The van der Waals surface area contributed by atoms with E-state index in [0.29, 0.717) is 22.1 Å². The third kappa shape index (κ3) is 3.03. The lowest BCUT2D eigenvalue weighted by atomic mass is 9.99. The van der Waals surface area contributed by atoms with Crippen molar-refractivity contribution in [3.63, 3.8) is 0 Å². The number of aromatic hydroxyl groups is 1. The maximum Gasteiger partial charge on any atom is 0.254 e. The number of hydrogen-bond donors (Lipinski definition) is 1. The molecule has 0 spiro atoms. The van der Waals surface area contributed by atoms with Gasteiger partial charge in [0.1, 0.15) is 0 Å². The summed E-state index contributed by atoms with van der Waals surface area (Å²) in [5.74, 6) is 0.773. The Hall–Kier alpha value is -1.23. The maximum absolute atomic E-state index is 12.4. The van der Waals surface area contributed by atoms with Crippen molar-refractivity contribution in [2.24, 2.45) is 5.92 Å². The first-order valence-electron chi connectivity index (χ1n) is 6.33. The quantitative estimate of drug-likeness (QED) is 0.849. The lowest BCUT2D eigenvalue weighted by Gasteiger charge is -2.34. The monoisotopic (exact) mass is 327 g/mol. The SMILES string of the molecule is COc1ccc(C(=O)N2CCC(Br)C(C)C2)cc1O. The molecule has 1 aromatic rings. The molecule has 19 heavy (non-hydrogen) atoms. The maximum atomic E-state index is 12.4. The summed E-state index contributed by atoms with van der Waals surface area (Å²) in [6, 6.07) is 4.76. The zero-order valence-electron chi connectivity index (χ0n) is 11.1. The molecule has 1 heterocycles. The van der Waals surface area contributed by atoms with Crippen LogP contribution in [0.4, 0.5) is 0 Å². The number of phenols is 1. The Labute approximate surface area is 121 Å². The van der Waals surface area contributed by atoms with Crippen LogP contribution in [0.3, 0.4) is 0 Å². The van der Waals surface area contributed by atoms with E-state index in [-0.39, 0.29) is 11.7 Å². The molecular weight excluding hydrogens is 310 g/mol. The Morgan fingerprint density at radius 2 is 2.26 bits per heavy atom. The van der Waals surface area contributed by atoms with Crippen LogP contribution < -0.4 is 4.74 Å². The van der Waals surface area contributed by atoms with Gasteiger partial charge in [-0.25, -0.2) is 0 Å². The minimum Gasteiger partial charge on any atom is -0.504 e. The van der Waals surface area contributed by atoms with Crippen molar-refractivity contribution in [2.75, 3.05) is 20.2 Å². The van der Waals surface area contributed by atoms with Crippen molar-refractivity contribution in [1.29, 1.82) is 0 Å². The lowest BCUT2D eigenvalue weighted by Crippen LogP contribution is -2.43. The Balaban J connectivity index is 2.13. The van der Waals surface area contributed by atoms with Gasteiger partial charge < -0.3 is 14.7 Å². The molecule has 104 valence electrons. The molecular formula is C14H18BrNO3. The molecule has 2 rings (SSSR count). The number of methoxy groups -OCH3 is 1. The van der Waals surface area contributed by atoms with Crippen LogP contribution in [0.5, 0.6) is 11.5 Å². The first kappa shape index (κ1) is 14.2. The minimum absolute atomic E-state index is 0.00299. The largest absolute Gasteiger partial charge is 0.504 e. The van der Waals surface area contributed by atoms with E-state index >= 15 is 0 Å². The molecule has 1 aliphatic heterocycles. The van der Waals surface area contributed by atoms with Gasteiger partial charge in [0, 0.05) is 23.5 Å². The lowest BCUT2D eigenvalue weighted by molar-refractivity contribution is 0.0690. The Kier molecular flexibility index (Phi) is 4.34. The van der Waals surface area contributed by atoms with Gasteiger partial charge >= 0.3 is 0 Å². The number of carbonyl (C=O) groups is 1. The van der Waals surface area contributed by atoms with Crippen LogP contribution in [0.15, 0.2) is 18.2 Å². The molecule has 0 saturated carbocycles. The number of benzene rings is 1. The van der Waals surface area contributed by atoms with E-state index < -0.39 is 0 Å². The molecule has 5 heteroatoms. The van der Waals surface area contributed by atoms with E-state index in [1.165, 1.54) is 13.2 Å². The van der Waals surface area contributed by atoms with Gasteiger partial charge in [-0.2, -0.15) is 0 Å². The summed E-state index contributed by atoms with van der Waals surface area (Å²) >= 11 is 3.62. The van der Waals surface area contributed by atoms with Gasteiger partial charge in [-0.1, -0.05) is 22.9 Å². The summed E-state index contributed by atoms with van der Waals surface area (Å²) in [4.78, 5) is 14.7. The van der Waals surface area contributed by atoms with E-state index in [0.717, 1.165) is 19.5 Å². The second kappa shape index (κ2) is 5.82. The number of phenolic OH excluding ortho intramolecular Hbond substituents is 1. The number of ether oxygens (including phenoxy) is 1. The predicted octanol–water partition coefficient (Wildman–Crippen LogP) is 2.65. The summed E-state index contributed by atoms with van der Waals surface area (Å²) in [5, 5.41) is 9.73. The second-order valence-electron chi connectivity index (χ2n) is 4.92. The van der Waals surface area contributed by atoms with Crippen molar-refractivity contribution < 1.29 is 14.6 Å². The zero-order valence-corrected chi connectivity index (χ0v) is 12.7. The number of piperidine rings is 1. The number of alkyl halides is 1. The molecule has 0 aromatic heterocycles. The smallest absolute Gasteiger partial charge is 0.254 e. The molecule has 0 bridgehead atoms. The first-order chi connectivity index (χ1) is 9.02. The first-order valence-corrected chi connectivity index (χ1v) is 7.25. The fourth-order valence-corrected chi connectivity index (χ4v) is 2.68. The highest BCUT2D eigenvalue weighted by Crippen LogP contribution is 2.28. The molecule has 1 aliphatic rings. The second-order valence-corrected chi connectivity index (χ2v) is 6.10. The number of carbonyl (C=O) groups excluding carboxylic acids is 1. The van der Waals surface area contributed by atoms with E-state index in [2.05, 4.69) is 22.9 Å². The summed E-state index contributed by atoms with van der Waals surface area (Å²) in [7, 11) is 1.49. The standard InChI is InChI=1S/C14H18BrNO3/c1-9-8-16(6-5-11(9)15)14(18)10-3-4-13(19-2)12(17)7-10/h3-4,7,9,11,17H,5-6,8H2,1-2H3. The summed E-state index contributed by atoms with van der Waals surface area (Å²) < 4.78 is 4.98. The third-order valence-electron chi connectivity index (χ3n) is 3.51. The molecule has 1 saturated heterocycles. The van der Waals surface area contributed by atoms with Crippen LogP contribution in [-0.4, -0.2) is 40.9 Å². The van der Waals surface area contributed by atoms with E-state index in [9.17, 15) is 9.90 Å². The molecule has 0 aliphatic carbocycles. The van der Waals surface area contributed by atoms with Gasteiger partial charge in [-0.15, -0.1) is 0 Å². The third-order valence-corrected chi connectivity index (χ3v) is 4.87. The Bertz CT molecular complexity index is 478. The minimum atomic E-state index is -0.0378. The highest BCUT2D eigenvalue weighted by molar-refractivity contribution is 9.09. The molecule has 0 radical (unpaired) electrons. The fourth-order valence-electron chi connectivity index (χ4n) is 2.31. The zero-order chi connectivity index (χ0) is 14.0. The van der Waals surface area contributed by atoms with Crippen LogP contribution in [0.2, 0.25) is 0 Å². The average molecular weight is 328 g/mol. The number of likely N-dealkylation sites (tertiary alicyclic amines) is 1. The molecule has 1 N–H and O–H groups in total. The van der Waals surface area contributed by atoms with Crippen LogP contribution in [0, 0.1) is 5.92 Å².